The van der Waals surface area contributed by atoms with E-state index in [-0.39, 0.29) is 6.04 Å². The molecule has 0 fully saturated rings. The van der Waals surface area contributed by atoms with Gasteiger partial charge in [-0.15, -0.1) is 0 Å². The summed E-state index contributed by atoms with van der Waals surface area (Å²) in [5.74, 6) is 0.522. The van der Waals surface area contributed by atoms with Gasteiger partial charge in [0, 0.05) is 18.4 Å². The number of hydrogen-bond donors (Lipinski definition) is 1. The molecule has 66 valence electrons. The van der Waals surface area contributed by atoms with E-state index < -0.39 is 0 Å². The standard InChI is InChI=1S/C10H16N2/c1-3-8(2)10(11)9-5-4-6-12-7-9/h4-8,10H,3,11H2,1-2H3/t8?,10-/m0/s1. The van der Waals surface area contributed by atoms with Crippen molar-refractivity contribution in [2.24, 2.45) is 11.7 Å². The molecular weight excluding hydrogens is 148 g/mol. The summed E-state index contributed by atoms with van der Waals surface area (Å²) in [6.45, 7) is 4.32. The molecule has 0 saturated carbocycles. The van der Waals surface area contributed by atoms with Gasteiger partial charge in [0.15, 0.2) is 0 Å². The van der Waals surface area contributed by atoms with Gasteiger partial charge in [-0.25, -0.2) is 0 Å². The van der Waals surface area contributed by atoms with Crippen molar-refractivity contribution in [2.45, 2.75) is 26.3 Å². The molecule has 2 atom stereocenters. The van der Waals surface area contributed by atoms with Crippen LogP contribution in [0.1, 0.15) is 31.9 Å². The molecule has 0 bridgehead atoms. The van der Waals surface area contributed by atoms with E-state index in [2.05, 4.69) is 18.8 Å². The van der Waals surface area contributed by atoms with E-state index in [1.54, 1.807) is 6.20 Å². The Balaban J connectivity index is 2.71. The van der Waals surface area contributed by atoms with E-state index in [4.69, 9.17) is 5.73 Å². The van der Waals surface area contributed by atoms with E-state index in [0.29, 0.717) is 5.92 Å². The third kappa shape index (κ3) is 2.05. The first kappa shape index (κ1) is 9.20. The van der Waals surface area contributed by atoms with Crippen molar-refractivity contribution in [1.29, 1.82) is 0 Å². The molecule has 1 aromatic heterocycles. The fourth-order valence-electron chi connectivity index (χ4n) is 1.16. The predicted octanol–water partition coefficient (Wildman–Crippen LogP) is 2.13. The zero-order chi connectivity index (χ0) is 8.97. The summed E-state index contributed by atoms with van der Waals surface area (Å²) in [5.41, 5.74) is 7.14. The first-order valence-electron chi connectivity index (χ1n) is 4.41. The van der Waals surface area contributed by atoms with Gasteiger partial charge in [0.2, 0.25) is 0 Å². The molecule has 2 N–H and O–H groups in total. The van der Waals surface area contributed by atoms with Crippen molar-refractivity contribution in [3.8, 4) is 0 Å². The van der Waals surface area contributed by atoms with E-state index >= 15 is 0 Å². The van der Waals surface area contributed by atoms with Gasteiger partial charge < -0.3 is 5.73 Å². The largest absolute Gasteiger partial charge is 0.324 e. The molecule has 1 unspecified atom stereocenters. The summed E-state index contributed by atoms with van der Waals surface area (Å²) in [5, 5.41) is 0. The lowest BCUT2D eigenvalue weighted by molar-refractivity contribution is 0.456. The minimum atomic E-state index is 0.128. The van der Waals surface area contributed by atoms with Gasteiger partial charge in [-0.2, -0.15) is 0 Å². The van der Waals surface area contributed by atoms with Gasteiger partial charge in [0.1, 0.15) is 0 Å². The molecule has 0 amide bonds. The van der Waals surface area contributed by atoms with Crippen molar-refractivity contribution >= 4 is 0 Å². The summed E-state index contributed by atoms with van der Waals surface area (Å²) >= 11 is 0. The molecular formula is C10H16N2. The highest BCUT2D eigenvalue weighted by Crippen LogP contribution is 2.20. The fraction of sp³-hybridized carbons (Fsp3) is 0.500. The van der Waals surface area contributed by atoms with Crippen molar-refractivity contribution < 1.29 is 0 Å². The molecule has 1 rings (SSSR count). The number of aromatic nitrogens is 1. The zero-order valence-electron chi connectivity index (χ0n) is 7.70. The Labute approximate surface area is 73.8 Å². The highest BCUT2D eigenvalue weighted by Gasteiger charge is 2.12. The minimum Gasteiger partial charge on any atom is -0.324 e. The Morgan fingerprint density at radius 3 is 2.83 bits per heavy atom. The highest BCUT2D eigenvalue weighted by atomic mass is 14.7. The molecule has 0 aliphatic rings. The lowest BCUT2D eigenvalue weighted by atomic mass is 9.95. The molecule has 1 heterocycles. The average molecular weight is 164 g/mol. The Hall–Kier alpha value is -0.890. The Bertz CT molecular complexity index is 221. The van der Waals surface area contributed by atoms with Gasteiger partial charge in [0.25, 0.3) is 0 Å². The maximum absolute atomic E-state index is 6.01. The van der Waals surface area contributed by atoms with Crippen LogP contribution in [0.25, 0.3) is 0 Å². The lowest BCUT2D eigenvalue weighted by Gasteiger charge is -2.17. The highest BCUT2D eigenvalue weighted by molar-refractivity contribution is 5.13. The Morgan fingerprint density at radius 2 is 2.33 bits per heavy atom. The summed E-state index contributed by atoms with van der Waals surface area (Å²) in [6.07, 6.45) is 4.72. The van der Waals surface area contributed by atoms with Crippen LogP contribution in [0.3, 0.4) is 0 Å². The van der Waals surface area contributed by atoms with Crippen LogP contribution in [0.15, 0.2) is 24.5 Å². The maximum atomic E-state index is 6.01. The fourth-order valence-corrected chi connectivity index (χ4v) is 1.16. The number of pyridine rings is 1. The molecule has 0 spiro atoms. The van der Waals surface area contributed by atoms with Crippen LogP contribution in [0.2, 0.25) is 0 Å². The van der Waals surface area contributed by atoms with Crippen LogP contribution >= 0.6 is 0 Å². The average Bonchev–Trinajstić information content (AvgIpc) is 2.17. The molecule has 0 aromatic carbocycles. The molecule has 2 heteroatoms. The monoisotopic (exact) mass is 164 g/mol. The lowest BCUT2D eigenvalue weighted by Crippen LogP contribution is -2.18. The normalized spacial score (nSPS) is 15.6. The summed E-state index contributed by atoms with van der Waals surface area (Å²) < 4.78 is 0. The maximum Gasteiger partial charge on any atom is 0.0336 e. The second-order valence-electron chi connectivity index (χ2n) is 3.20. The van der Waals surface area contributed by atoms with Gasteiger partial charge in [-0.3, -0.25) is 4.98 Å². The van der Waals surface area contributed by atoms with Crippen molar-refractivity contribution in [2.75, 3.05) is 0 Å². The minimum absolute atomic E-state index is 0.128. The van der Waals surface area contributed by atoms with Crippen LogP contribution in [-0.4, -0.2) is 4.98 Å². The van der Waals surface area contributed by atoms with Crippen molar-refractivity contribution in [3.05, 3.63) is 30.1 Å². The van der Waals surface area contributed by atoms with E-state index in [9.17, 15) is 0 Å². The van der Waals surface area contributed by atoms with Crippen LogP contribution in [0.5, 0.6) is 0 Å². The van der Waals surface area contributed by atoms with Gasteiger partial charge in [-0.1, -0.05) is 26.3 Å². The van der Waals surface area contributed by atoms with Crippen LogP contribution in [0, 0.1) is 5.92 Å². The smallest absolute Gasteiger partial charge is 0.0336 e. The van der Waals surface area contributed by atoms with Crippen molar-refractivity contribution in [1.82, 2.24) is 4.98 Å². The third-order valence-corrected chi connectivity index (χ3v) is 2.33. The number of rotatable bonds is 3. The predicted molar refractivity (Wildman–Crippen MR) is 50.6 cm³/mol. The quantitative estimate of drug-likeness (QED) is 0.743. The number of nitrogens with two attached hydrogens (primary N) is 1. The van der Waals surface area contributed by atoms with Gasteiger partial charge in [-0.05, 0) is 17.5 Å². The van der Waals surface area contributed by atoms with E-state index in [1.165, 1.54) is 0 Å². The van der Waals surface area contributed by atoms with Crippen molar-refractivity contribution in [3.63, 3.8) is 0 Å². The molecule has 0 radical (unpaired) electrons. The summed E-state index contributed by atoms with van der Waals surface area (Å²) in [7, 11) is 0. The first-order chi connectivity index (χ1) is 5.75. The molecule has 1 aromatic rings. The van der Waals surface area contributed by atoms with E-state index in [1.807, 2.05) is 18.3 Å². The molecule has 2 nitrogen and oxygen atoms in total. The van der Waals surface area contributed by atoms with Crippen LogP contribution in [-0.2, 0) is 0 Å². The molecule has 0 aliphatic heterocycles. The van der Waals surface area contributed by atoms with Crippen LogP contribution < -0.4 is 5.73 Å². The van der Waals surface area contributed by atoms with Crippen LogP contribution in [0.4, 0.5) is 0 Å². The number of hydrogen-bond acceptors (Lipinski definition) is 2. The first-order valence-corrected chi connectivity index (χ1v) is 4.41. The zero-order valence-corrected chi connectivity index (χ0v) is 7.70. The molecule has 0 saturated heterocycles. The second kappa shape index (κ2) is 4.21. The molecule has 12 heavy (non-hydrogen) atoms. The topological polar surface area (TPSA) is 38.9 Å². The third-order valence-electron chi connectivity index (χ3n) is 2.33. The Morgan fingerprint density at radius 1 is 1.58 bits per heavy atom. The van der Waals surface area contributed by atoms with Gasteiger partial charge in [0.05, 0.1) is 0 Å². The Kier molecular flexibility index (Phi) is 3.23. The summed E-state index contributed by atoms with van der Waals surface area (Å²) in [4.78, 5) is 4.04. The molecule has 0 aliphatic carbocycles. The van der Waals surface area contributed by atoms with E-state index in [0.717, 1.165) is 12.0 Å². The second-order valence-corrected chi connectivity index (χ2v) is 3.20. The SMILES string of the molecule is CCC(C)[C@H](N)c1cccnc1. The summed E-state index contributed by atoms with van der Waals surface area (Å²) in [6, 6.07) is 4.09. The van der Waals surface area contributed by atoms with Gasteiger partial charge >= 0.3 is 0 Å². The number of nitrogens with zero attached hydrogens (tertiary/aromatic N) is 1.